The summed E-state index contributed by atoms with van der Waals surface area (Å²) in [6, 6.07) is 0. The SMILES string of the molecule is COC(NC(=O)Cc1nn[nH]n1)C(=O)O. The monoisotopic (exact) mass is 215 g/mol. The topological polar surface area (TPSA) is 130 Å². The predicted molar refractivity (Wildman–Crippen MR) is 44.5 cm³/mol. The van der Waals surface area contributed by atoms with Gasteiger partial charge in [0.2, 0.25) is 12.1 Å². The van der Waals surface area contributed by atoms with Gasteiger partial charge in [-0.25, -0.2) is 4.79 Å². The number of rotatable bonds is 5. The number of amides is 1. The second-order valence-electron chi connectivity index (χ2n) is 2.53. The van der Waals surface area contributed by atoms with Gasteiger partial charge in [0.1, 0.15) is 0 Å². The summed E-state index contributed by atoms with van der Waals surface area (Å²) in [5, 5.41) is 23.2. The lowest BCUT2D eigenvalue weighted by Gasteiger charge is -2.11. The molecule has 0 saturated carbocycles. The predicted octanol–water partition coefficient (Wildman–Crippen LogP) is -2.08. The molecule has 15 heavy (non-hydrogen) atoms. The Labute approximate surface area is 83.8 Å². The molecule has 0 bridgehead atoms. The largest absolute Gasteiger partial charge is 0.478 e. The van der Waals surface area contributed by atoms with Crippen molar-refractivity contribution in [2.24, 2.45) is 0 Å². The first-order chi connectivity index (χ1) is 7.13. The first kappa shape index (κ1) is 11.0. The quantitative estimate of drug-likeness (QED) is 0.480. The van der Waals surface area contributed by atoms with Gasteiger partial charge in [0.05, 0.1) is 6.42 Å². The smallest absolute Gasteiger partial charge is 0.354 e. The first-order valence-electron chi connectivity index (χ1n) is 3.90. The van der Waals surface area contributed by atoms with E-state index in [-0.39, 0.29) is 12.2 Å². The number of hydrogen-bond acceptors (Lipinski definition) is 6. The number of nitrogens with zero attached hydrogens (tertiary/aromatic N) is 3. The third-order valence-electron chi connectivity index (χ3n) is 1.46. The van der Waals surface area contributed by atoms with Crippen molar-refractivity contribution in [1.82, 2.24) is 25.9 Å². The minimum absolute atomic E-state index is 0.163. The van der Waals surface area contributed by atoms with Crippen LogP contribution in [0.15, 0.2) is 0 Å². The van der Waals surface area contributed by atoms with Crippen LogP contribution in [0.25, 0.3) is 0 Å². The van der Waals surface area contributed by atoms with Crippen LogP contribution in [0.4, 0.5) is 0 Å². The van der Waals surface area contributed by atoms with Crippen molar-refractivity contribution >= 4 is 11.9 Å². The Balaban J connectivity index is 2.45. The van der Waals surface area contributed by atoms with Crippen LogP contribution in [-0.2, 0) is 20.7 Å². The van der Waals surface area contributed by atoms with Gasteiger partial charge >= 0.3 is 5.97 Å². The number of carbonyl (C=O) groups excluding carboxylic acids is 1. The van der Waals surface area contributed by atoms with E-state index in [1.54, 1.807) is 0 Å². The van der Waals surface area contributed by atoms with Crippen LogP contribution < -0.4 is 5.32 Å². The normalized spacial score (nSPS) is 12.1. The number of carboxylic acids is 1. The van der Waals surface area contributed by atoms with Crippen molar-refractivity contribution in [3.05, 3.63) is 5.82 Å². The molecular weight excluding hydrogens is 206 g/mol. The van der Waals surface area contributed by atoms with Crippen LogP contribution in [0.3, 0.4) is 0 Å². The molecule has 0 saturated heterocycles. The van der Waals surface area contributed by atoms with E-state index < -0.39 is 18.1 Å². The summed E-state index contributed by atoms with van der Waals surface area (Å²) in [4.78, 5) is 21.7. The van der Waals surface area contributed by atoms with Gasteiger partial charge < -0.3 is 15.2 Å². The maximum atomic E-state index is 11.2. The molecule has 9 heteroatoms. The Morgan fingerprint density at radius 1 is 1.67 bits per heavy atom. The van der Waals surface area contributed by atoms with E-state index in [0.717, 1.165) is 0 Å². The van der Waals surface area contributed by atoms with Gasteiger partial charge in [0.15, 0.2) is 5.82 Å². The van der Waals surface area contributed by atoms with Crippen molar-refractivity contribution in [1.29, 1.82) is 0 Å². The molecule has 1 heterocycles. The van der Waals surface area contributed by atoms with Crippen molar-refractivity contribution in [3.8, 4) is 0 Å². The molecule has 1 atom stereocenters. The maximum absolute atomic E-state index is 11.2. The molecule has 0 aliphatic heterocycles. The lowest BCUT2D eigenvalue weighted by molar-refractivity contribution is -0.153. The summed E-state index contributed by atoms with van der Waals surface area (Å²) >= 11 is 0. The highest BCUT2D eigenvalue weighted by Crippen LogP contribution is 1.89. The third-order valence-corrected chi connectivity index (χ3v) is 1.46. The number of methoxy groups -OCH3 is 1. The van der Waals surface area contributed by atoms with E-state index in [1.807, 2.05) is 0 Å². The highest BCUT2D eigenvalue weighted by molar-refractivity contribution is 5.83. The average molecular weight is 215 g/mol. The number of tetrazole rings is 1. The molecule has 1 rings (SSSR count). The molecule has 9 nitrogen and oxygen atoms in total. The van der Waals surface area contributed by atoms with E-state index in [9.17, 15) is 9.59 Å². The number of nitrogens with one attached hydrogen (secondary N) is 2. The number of carboxylic acid groups (broad SMARTS) is 1. The Hall–Kier alpha value is -2.03. The van der Waals surface area contributed by atoms with Crippen LogP contribution in [0.5, 0.6) is 0 Å². The van der Waals surface area contributed by atoms with Gasteiger partial charge in [0, 0.05) is 7.11 Å². The molecule has 1 amide bonds. The van der Waals surface area contributed by atoms with Crippen molar-refractivity contribution in [2.75, 3.05) is 7.11 Å². The third kappa shape index (κ3) is 3.31. The summed E-state index contributed by atoms with van der Waals surface area (Å²) < 4.78 is 4.51. The lowest BCUT2D eigenvalue weighted by Crippen LogP contribution is -2.42. The number of aliphatic carboxylic acids is 1. The average Bonchev–Trinajstić information content (AvgIpc) is 2.66. The lowest BCUT2D eigenvalue weighted by atomic mass is 10.4. The zero-order valence-corrected chi connectivity index (χ0v) is 7.80. The fourth-order valence-corrected chi connectivity index (χ4v) is 0.820. The highest BCUT2D eigenvalue weighted by Gasteiger charge is 2.19. The van der Waals surface area contributed by atoms with Crippen LogP contribution in [0.1, 0.15) is 5.82 Å². The molecule has 1 aromatic rings. The van der Waals surface area contributed by atoms with Gasteiger partial charge in [-0.3, -0.25) is 4.79 Å². The molecule has 3 N–H and O–H groups in total. The van der Waals surface area contributed by atoms with Gasteiger partial charge in [-0.2, -0.15) is 5.21 Å². The van der Waals surface area contributed by atoms with Crippen molar-refractivity contribution in [2.45, 2.75) is 12.6 Å². The standard InChI is InChI=1S/C6H9N5O4/c1-15-5(6(13)14)7-4(12)2-3-8-10-11-9-3/h5H,2H2,1H3,(H,7,12)(H,13,14)(H,8,9,10,11). The van der Waals surface area contributed by atoms with Crippen molar-refractivity contribution in [3.63, 3.8) is 0 Å². The zero-order chi connectivity index (χ0) is 11.3. The number of ether oxygens (including phenoxy) is 1. The fourth-order valence-electron chi connectivity index (χ4n) is 0.820. The number of H-pyrrole nitrogens is 1. The summed E-state index contributed by atoms with van der Waals surface area (Å²) in [7, 11) is 1.17. The van der Waals surface area contributed by atoms with Crippen molar-refractivity contribution < 1.29 is 19.4 Å². The zero-order valence-electron chi connectivity index (χ0n) is 7.80. The molecule has 1 aromatic heterocycles. The van der Waals surface area contributed by atoms with E-state index in [1.165, 1.54) is 7.11 Å². The molecule has 0 fully saturated rings. The van der Waals surface area contributed by atoms with Gasteiger partial charge in [0.25, 0.3) is 0 Å². The molecule has 0 radical (unpaired) electrons. The second kappa shape index (κ2) is 5.00. The van der Waals surface area contributed by atoms with Gasteiger partial charge in [-0.1, -0.05) is 5.21 Å². The molecular formula is C6H9N5O4. The Kier molecular flexibility index (Phi) is 3.68. The second-order valence-corrected chi connectivity index (χ2v) is 2.53. The minimum Gasteiger partial charge on any atom is -0.478 e. The number of aromatic amines is 1. The summed E-state index contributed by atoms with van der Waals surface area (Å²) in [5.41, 5.74) is 0. The first-order valence-corrected chi connectivity index (χ1v) is 3.90. The molecule has 0 aromatic carbocycles. The summed E-state index contributed by atoms with van der Waals surface area (Å²) in [5.74, 6) is -1.67. The molecule has 0 spiro atoms. The number of hydrogen-bond donors (Lipinski definition) is 3. The molecule has 82 valence electrons. The van der Waals surface area contributed by atoms with E-state index in [0.29, 0.717) is 0 Å². The van der Waals surface area contributed by atoms with Crippen LogP contribution in [-0.4, -0.2) is 50.9 Å². The van der Waals surface area contributed by atoms with Crippen LogP contribution in [0, 0.1) is 0 Å². The maximum Gasteiger partial charge on any atom is 0.354 e. The Morgan fingerprint density at radius 2 is 2.40 bits per heavy atom. The van der Waals surface area contributed by atoms with E-state index in [4.69, 9.17) is 5.11 Å². The molecule has 0 aliphatic rings. The van der Waals surface area contributed by atoms with Gasteiger partial charge in [-0.15, -0.1) is 10.2 Å². The minimum atomic E-state index is -1.37. The number of aromatic nitrogens is 4. The van der Waals surface area contributed by atoms with E-state index >= 15 is 0 Å². The summed E-state index contributed by atoms with van der Waals surface area (Å²) in [6.45, 7) is 0. The van der Waals surface area contributed by atoms with Crippen LogP contribution >= 0.6 is 0 Å². The Morgan fingerprint density at radius 3 is 2.87 bits per heavy atom. The molecule has 0 aliphatic carbocycles. The summed E-state index contributed by atoms with van der Waals surface area (Å²) in [6.07, 6.45) is -1.53. The molecule has 1 unspecified atom stereocenters. The fraction of sp³-hybridized carbons (Fsp3) is 0.500. The Bertz CT molecular complexity index is 337. The van der Waals surface area contributed by atoms with Gasteiger partial charge in [-0.05, 0) is 0 Å². The number of carbonyl (C=O) groups is 2. The highest BCUT2D eigenvalue weighted by atomic mass is 16.5. The van der Waals surface area contributed by atoms with E-state index in [2.05, 4.69) is 30.7 Å². The van der Waals surface area contributed by atoms with Crippen LogP contribution in [0.2, 0.25) is 0 Å².